The molecule has 0 spiro atoms. The molecular weight excluding hydrogens is 238 g/mol. The number of aromatic nitrogens is 2. The third kappa shape index (κ3) is 1.98. The maximum atomic E-state index is 11.9. The van der Waals surface area contributed by atoms with Crippen molar-refractivity contribution in [2.45, 2.75) is 13.0 Å². The van der Waals surface area contributed by atoms with E-state index in [9.17, 15) is 4.79 Å². The van der Waals surface area contributed by atoms with Gasteiger partial charge in [0.2, 0.25) is 0 Å². The first kappa shape index (κ1) is 10.9. The number of hydrogen-bond donors (Lipinski definition) is 2. The summed E-state index contributed by atoms with van der Waals surface area (Å²) in [7, 11) is 0. The molecule has 0 radical (unpaired) electrons. The van der Waals surface area contributed by atoms with Crippen LogP contribution >= 0.6 is 11.6 Å². The third-order valence-electron chi connectivity index (χ3n) is 3.34. The monoisotopic (exact) mass is 251 g/mol. The van der Waals surface area contributed by atoms with Gasteiger partial charge in [-0.05, 0) is 43.6 Å². The molecule has 5 heteroatoms. The van der Waals surface area contributed by atoms with Gasteiger partial charge in [-0.1, -0.05) is 11.6 Å². The summed E-state index contributed by atoms with van der Waals surface area (Å²) in [6.45, 7) is 2.79. The number of imidazole rings is 1. The number of nitrogens with one attached hydrogen (secondary N) is 2. The van der Waals surface area contributed by atoms with Crippen molar-refractivity contribution >= 4 is 22.6 Å². The van der Waals surface area contributed by atoms with Gasteiger partial charge >= 0.3 is 5.69 Å². The van der Waals surface area contributed by atoms with E-state index in [2.05, 4.69) is 10.3 Å². The molecule has 3 rings (SSSR count). The number of halogens is 1. The van der Waals surface area contributed by atoms with Crippen LogP contribution < -0.4 is 11.0 Å². The van der Waals surface area contributed by atoms with Crippen LogP contribution in [0.4, 0.5) is 0 Å². The first-order chi connectivity index (χ1) is 8.24. The van der Waals surface area contributed by atoms with Crippen LogP contribution in [-0.2, 0) is 6.54 Å². The lowest BCUT2D eigenvalue weighted by atomic mass is 10.1. The Morgan fingerprint density at radius 3 is 3.12 bits per heavy atom. The van der Waals surface area contributed by atoms with Crippen LogP contribution in [0.5, 0.6) is 0 Å². The fourth-order valence-corrected chi connectivity index (χ4v) is 2.60. The van der Waals surface area contributed by atoms with Crippen LogP contribution in [0.15, 0.2) is 23.0 Å². The Morgan fingerprint density at radius 1 is 1.47 bits per heavy atom. The highest BCUT2D eigenvalue weighted by molar-refractivity contribution is 6.31. The maximum Gasteiger partial charge on any atom is 0.326 e. The van der Waals surface area contributed by atoms with Crippen molar-refractivity contribution < 1.29 is 0 Å². The first-order valence-corrected chi connectivity index (χ1v) is 6.20. The second kappa shape index (κ2) is 4.20. The van der Waals surface area contributed by atoms with Gasteiger partial charge in [0.25, 0.3) is 0 Å². The van der Waals surface area contributed by atoms with Crippen molar-refractivity contribution in [3.63, 3.8) is 0 Å². The first-order valence-electron chi connectivity index (χ1n) is 5.83. The van der Waals surface area contributed by atoms with Crippen LogP contribution in [0.2, 0.25) is 5.02 Å². The van der Waals surface area contributed by atoms with E-state index >= 15 is 0 Å². The highest BCUT2D eigenvalue weighted by Gasteiger charge is 2.17. The van der Waals surface area contributed by atoms with Gasteiger partial charge in [0.15, 0.2) is 0 Å². The summed E-state index contributed by atoms with van der Waals surface area (Å²) in [6, 6.07) is 5.49. The van der Waals surface area contributed by atoms with Crippen molar-refractivity contribution in [3.05, 3.63) is 33.7 Å². The van der Waals surface area contributed by atoms with Gasteiger partial charge < -0.3 is 10.3 Å². The zero-order valence-electron chi connectivity index (χ0n) is 9.37. The van der Waals surface area contributed by atoms with Gasteiger partial charge in [-0.3, -0.25) is 4.57 Å². The second-order valence-electron chi connectivity index (χ2n) is 4.56. The molecule has 1 aliphatic rings. The van der Waals surface area contributed by atoms with E-state index in [1.54, 1.807) is 10.6 Å². The van der Waals surface area contributed by atoms with E-state index in [4.69, 9.17) is 11.6 Å². The molecule has 2 heterocycles. The number of fused-ring (bicyclic) bond motifs is 1. The minimum atomic E-state index is -0.0471. The Labute approximate surface area is 104 Å². The molecule has 1 fully saturated rings. The summed E-state index contributed by atoms with van der Waals surface area (Å²) in [6.07, 6.45) is 1.12. The zero-order chi connectivity index (χ0) is 11.8. The average molecular weight is 252 g/mol. The Balaban J connectivity index is 2.04. The number of rotatable bonds is 2. The molecule has 90 valence electrons. The lowest BCUT2D eigenvalue weighted by Gasteiger charge is -2.09. The number of H-pyrrole nitrogens is 1. The van der Waals surface area contributed by atoms with Crippen LogP contribution in [0, 0.1) is 5.92 Å². The molecule has 0 bridgehead atoms. The Morgan fingerprint density at radius 2 is 2.35 bits per heavy atom. The van der Waals surface area contributed by atoms with Gasteiger partial charge in [-0.25, -0.2) is 4.79 Å². The molecule has 0 amide bonds. The van der Waals surface area contributed by atoms with Gasteiger partial charge in [0.1, 0.15) is 0 Å². The molecule has 0 saturated carbocycles. The highest BCUT2D eigenvalue weighted by atomic mass is 35.5. The van der Waals surface area contributed by atoms with E-state index < -0.39 is 0 Å². The van der Waals surface area contributed by atoms with Gasteiger partial charge in [-0.15, -0.1) is 0 Å². The SMILES string of the molecule is O=c1[nH]c2ccc(Cl)cc2n1CC1CCNC1. The number of benzene rings is 1. The molecule has 17 heavy (non-hydrogen) atoms. The van der Waals surface area contributed by atoms with E-state index in [-0.39, 0.29) is 5.69 Å². The van der Waals surface area contributed by atoms with E-state index in [1.807, 2.05) is 12.1 Å². The predicted octanol–water partition coefficient (Wildman–Crippen LogP) is 1.59. The summed E-state index contributed by atoms with van der Waals surface area (Å²) in [4.78, 5) is 14.7. The Bertz CT molecular complexity index is 595. The van der Waals surface area contributed by atoms with E-state index in [0.29, 0.717) is 10.9 Å². The Hall–Kier alpha value is -1.26. The standard InChI is InChI=1S/C12H14ClN3O/c13-9-1-2-10-11(5-9)16(12(17)15-10)7-8-3-4-14-6-8/h1-2,5,8,14H,3-4,6-7H2,(H,15,17). The number of nitrogens with zero attached hydrogens (tertiary/aromatic N) is 1. The van der Waals surface area contributed by atoms with Gasteiger partial charge in [0.05, 0.1) is 11.0 Å². The molecule has 2 aromatic rings. The fraction of sp³-hybridized carbons (Fsp3) is 0.417. The summed E-state index contributed by atoms with van der Waals surface area (Å²) in [5.41, 5.74) is 1.70. The molecule has 1 unspecified atom stereocenters. The summed E-state index contributed by atoms with van der Waals surface area (Å²) in [5, 5.41) is 3.97. The lowest BCUT2D eigenvalue weighted by Crippen LogP contribution is -2.22. The average Bonchev–Trinajstić information content (AvgIpc) is 2.90. The Kier molecular flexibility index (Phi) is 2.68. The summed E-state index contributed by atoms with van der Waals surface area (Å²) < 4.78 is 1.79. The summed E-state index contributed by atoms with van der Waals surface area (Å²) in [5.74, 6) is 0.533. The molecule has 4 nitrogen and oxygen atoms in total. The fourth-order valence-electron chi connectivity index (χ4n) is 2.44. The molecular formula is C12H14ClN3O. The molecule has 1 aromatic heterocycles. The molecule has 0 aliphatic carbocycles. The minimum absolute atomic E-state index is 0.0471. The normalized spacial score (nSPS) is 20.2. The zero-order valence-corrected chi connectivity index (χ0v) is 10.1. The molecule has 1 aromatic carbocycles. The van der Waals surface area contributed by atoms with Crippen LogP contribution in [0.1, 0.15) is 6.42 Å². The van der Waals surface area contributed by atoms with Crippen molar-refractivity contribution in [3.8, 4) is 0 Å². The molecule has 2 N–H and O–H groups in total. The maximum absolute atomic E-state index is 11.9. The van der Waals surface area contributed by atoms with Crippen LogP contribution in [0.25, 0.3) is 11.0 Å². The molecule has 1 aliphatic heterocycles. The van der Waals surface area contributed by atoms with Gasteiger partial charge in [-0.2, -0.15) is 0 Å². The van der Waals surface area contributed by atoms with Crippen molar-refractivity contribution in [2.24, 2.45) is 5.92 Å². The third-order valence-corrected chi connectivity index (χ3v) is 3.58. The van der Waals surface area contributed by atoms with Crippen LogP contribution in [-0.4, -0.2) is 22.6 Å². The van der Waals surface area contributed by atoms with Crippen LogP contribution in [0.3, 0.4) is 0 Å². The topological polar surface area (TPSA) is 49.8 Å². The van der Waals surface area contributed by atoms with E-state index in [1.165, 1.54) is 0 Å². The van der Waals surface area contributed by atoms with Crippen molar-refractivity contribution in [1.29, 1.82) is 0 Å². The smallest absolute Gasteiger partial charge is 0.316 e. The number of aromatic amines is 1. The highest BCUT2D eigenvalue weighted by Crippen LogP contribution is 2.18. The second-order valence-corrected chi connectivity index (χ2v) is 5.00. The molecule has 1 atom stereocenters. The van der Waals surface area contributed by atoms with Crippen molar-refractivity contribution in [2.75, 3.05) is 13.1 Å². The predicted molar refractivity (Wildman–Crippen MR) is 68.5 cm³/mol. The quantitative estimate of drug-likeness (QED) is 0.852. The largest absolute Gasteiger partial charge is 0.326 e. The van der Waals surface area contributed by atoms with Crippen molar-refractivity contribution in [1.82, 2.24) is 14.9 Å². The van der Waals surface area contributed by atoms with E-state index in [0.717, 1.165) is 37.1 Å². The lowest BCUT2D eigenvalue weighted by molar-refractivity contribution is 0.481. The number of hydrogen-bond acceptors (Lipinski definition) is 2. The molecule has 1 saturated heterocycles. The summed E-state index contributed by atoms with van der Waals surface area (Å²) >= 11 is 5.97. The van der Waals surface area contributed by atoms with Gasteiger partial charge in [0, 0.05) is 11.6 Å². The minimum Gasteiger partial charge on any atom is -0.316 e.